The van der Waals surface area contributed by atoms with Gasteiger partial charge in [0.05, 0.1) is 11.8 Å². The fourth-order valence-corrected chi connectivity index (χ4v) is 6.66. The fraction of sp³-hybridized carbons (Fsp3) is 0.147. The maximum atomic E-state index is 5.39. The van der Waals surface area contributed by atoms with Crippen LogP contribution < -0.4 is 5.32 Å². The van der Waals surface area contributed by atoms with Gasteiger partial charge in [-0.1, -0.05) is 97.1 Å². The van der Waals surface area contributed by atoms with Crippen LogP contribution in [0.3, 0.4) is 0 Å². The summed E-state index contributed by atoms with van der Waals surface area (Å²) >= 11 is 0. The molecule has 4 aromatic rings. The van der Waals surface area contributed by atoms with E-state index in [1.54, 1.807) is 0 Å². The van der Waals surface area contributed by atoms with Crippen molar-refractivity contribution in [3.63, 3.8) is 0 Å². The van der Waals surface area contributed by atoms with Gasteiger partial charge < -0.3 is 0 Å². The Morgan fingerprint density at radius 1 is 0.475 bits per heavy atom. The summed E-state index contributed by atoms with van der Waals surface area (Å²) in [6.45, 7) is 0. The summed E-state index contributed by atoms with van der Waals surface area (Å²) in [5.41, 5.74) is 12.2. The molecule has 0 saturated carbocycles. The lowest BCUT2D eigenvalue weighted by atomic mass is 10.1. The number of rotatable bonds is 0. The minimum Gasteiger partial charge on any atom is -0.280 e. The first-order valence-electron chi connectivity index (χ1n) is 13.8. The van der Waals surface area contributed by atoms with Gasteiger partial charge in [-0.15, -0.1) is 0 Å². The van der Waals surface area contributed by atoms with Gasteiger partial charge in [0.15, 0.2) is 11.7 Å². The molecular weight excluding hydrogens is 492 g/mol. The van der Waals surface area contributed by atoms with E-state index in [1.165, 1.54) is 11.1 Å². The molecule has 3 heterocycles. The smallest absolute Gasteiger partial charge is 0.162 e. The van der Waals surface area contributed by atoms with E-state index in [-0.39, 0.29) is 18.4 Å². The Kier molecular flexibility index (Phi) is 4.60. The zero-order chi connectivity index (χ0) is 26.2. The predicted octanol–water partition coefficient (Wildman–Crippen LogP) is 6.12. The maximum Gasteiger partial charge on any atom is 0.162 e. The van der Waals surface area contributed by atoms with E-state index in [9.17, 15) is 0 Å². The first kappa shape index (κ1) is 22.1. The zero-order valence-electron chi connectivity index (χ0n) is 21.6. The van der Waals surface area contributed by atoms with E-state index in [0.717, 1.165) is 56.9 Å². The number of amidine groups is 2. The summed E-state index contributed by atoms with van der Waals surface area (Å²) in [7, 11) is 0. The molecule has 4 aromatic carbocycles. The molecule has 5 aliphatic rings. The van der Waals surface area contributed by atoms with Gasteiger partial charge in [-0.3, -0.25) is 15.3 Å². The standard InChI is InChI=1S/C34H24N6/c1-3-11-21-19(9-1)27-17-29(21)36-31-23-13-5-7-15-25(23)33(38-31)40-34-26-16-8-6-14-24(26)32(39-34)37-30-18-28(35-27)20-10-2-4-12-22(20)30/h1-16,27,31,33,38H,17-18H2. The van der Waals surface area contributed by atoms with Crippen LogP contribution >= 0.6 is 0 Å². The van der Waals surface area contributed by atoms with Gasteiger partial charge in [0, 0.05) is 52.1 Å². The third-order valence-corrected chi connectivity index (χ3v) is 8.51. The molecule has 6 heteroatoms. The molecule has 3 unspecified atom stereocenters. The van der Waals surface area contributed by atoms with Crippen molar-refractivity contribution in [1.29, 1.82) is 0 Å². The SMILES string of the molecule is c1ccc2c(c1)C1=NC3=NC(=NC4NC(N=C5CC(N=C2C1)c1ccccc15)c1ccccc14)c1ccccc13. The van der Waals surface area contributed by atoms with E-state index in [0.29, 0.717) is 18.1 Å². The van der Waals surface area contributed by atoms with Crippen LogP contribution in [0.1, 0.15) is 75.7 Å². The Morgan fingerprint density at radius 3 is 1.80 bits per heavy atom. The molecule has 0 saturated heterocycles. The lowest BCUT2D eigenvalue weighted by Gasteiger charge is -2.11. The second-order valence-electron chi connectivity index (χ2n) is 10.8. The van der Waals surface area contributed by atoms with E-state index >= 15 is 0 Å². The summed E-state index contributed by atoms with van der Waals surface area (Å²) < 4.78 is 0. The molecule has 3 atom stereocenters. The maximum absolute atomic E-state index is 5.39. The van der Waals surface area contributed by atoms with E-state index in [1.807, 2.05) is 12.1 Å². The fourth-order valence-electron chi connectivity index (χ4n) is 6.66. The number of fused-ring (bicyclic) bond motifs is 19. The molecule has 0 aromatic heterocycles. The third kappa shape index (κ3) is 3.23. The van der Waals surface area contributed by atoms with Gasteiger partial charge in [0.25, 0.3) is 0 Å². The van der Waals surface area contributed by atoms with Crippen LogP contribution in [0.15, 0.2) is 122 Å². The largest absolute Gasteiger partial charge is 0.280 e. The number of nitrogens with zero attached hydrogens (tertiary/aromatic N) is 5. The Morgan fingerprint density at radius 2 is 1.05 bits per heavy atom. The van der Waals surface area contributed by atoms with Gasteiger partial charge in [0.2, 0.25) is 0 Å². The molecule has 0 amide bonds. The zero-order valence-corrected chi connectivity index (χ0v) is 21.6. The van der Waals surface area contributed by atoms with Gasteiger partial charge in [-0.25, -0.2) is 15.0 Å². The lowest BCUT2D eigenvalue weighted by molar-refractivity contribution is 0.523. The normalized spacial score (nSPS) is 23.2. The molecule has 0 fully saturated rings. The Balaban J connectivity index is 1.30. The van der Waals surface area contributed by atoms with Crippen molar-refractivity contribution in [2.75, 3.05) is 0 Å². The van der Waals surface area contributed by atoms with Crippen molar-refractivity contribution in [2.24, 2.45) is 25.0 Å². The molecule has 0 spiro atoms. The molecule has 8 bridgehead atoms. The van der Waals surface area contributed by atoms with Gasteiger partial charge in [0.1, 0.15) is 12.3 Å². The van der Waals surface area contributed by atoms with Gasteiger partial charge >= 0.3 is 0 Å². The molecule has 3 aliphatic heterocycles. The second kappa shape index (κ2) is 8.34. The van der Waals surface area contributed by atoms with E-state index in [2.05, 4.69) is 90.2 Å². The van der Waals surface area contributed by atoms with E-state index < -0.39 is 0 Å². The molecule has 40 heavy (non-hydrogen) atoms. The molecular formula is C34H24N6. The topological polar surface area (TPSA) is 73.8 Å². The van der Waals surface area contributed by atoms with Crippen molar-refractivity contribution in [3.05, 3.63) is 142 Å². The van der Waals surface area contributed by atoms with Gasteiger partial charge in [-0.05, 0) is 16.7 Å². The average Bonchev–Trinajstić information content (AvgIpc) is 3.73. The number of benzene rings is 4. The Labute approximate surface area is 231 Å². The van der Waals surface area contributed by atoms with Crippen LogP contribution in [0.25, 0.3) is 0 Å². The minimum atomic E-state index is -0.249. The summed E-state index contributed by atoms with van der Waals surface area (Å²) in [6.07, 6.45) is 1.01. The number of aliphatic imine (C=N–C) groups is 5. The molecule has 9 rings (SSSR count). The first-order valence-corrected chi connectivity index (χ1v) is 13.8. The predicted molar refractivity (Wildman–Crippen MR) is 159 cm³/mol. The van der Waals surface area contributed by atoms with Crippen LogP contribution in [0.5, 0.6) is 0 Å². The highest BCUT2D eigenvalue weighted by Crippen LogP contribution is 2.41. The van der Waals surface area contributed by atoms with Gasteiger partial charge in [-0.2, -0.15) is 0 Å². The Bertz CT molecular complexity index is 1900. The molecule has 1 N–H and O–H groups in total. The van der Waals surface area contributed by atoms with Crippen molar-refractivity contribution in [2.45, 2.75) is 31.2 Å². The quantitative estimate of drug-likeness (QED) is 0.300. The molecule has 6 nitrogen and oxygen atoms in total. The summed E-state index contributed by atoms with van der Waals surface area (Å²) in [4.78, 5) is 26.1. The monoisotopic (exact) mass is 516 g/mol. The minimum absolute atomic E-state index is 0.0203. The lowest BCUT2D eigenvalue weighted by Crippen LogP contribution is -2.17. The first-order chi connectivity index (χ1) is 19.8. The molecule has 0 radical (unpaired) electrons. The van der Waals surface area contributed by atoms with Crippen molar-refractivity contribution < 1.29 is 0 Å². The number of nitrogens with one attached hydrogen (secondary N) is 1. The van der Waals surface area contributed by atoms with Crippen molar-refractivity contribution in [3.8, 4) is 0 Å². The summed E-state index contributed by atoms with van der Waals surface area (Å²) in [5.74, 6) is 1.41. The van der Waals surface area contributed by atoms with Crippen LogP contribution in [0.2, 0.25) is 0 Å². The number of hydrogen-bond acceptors (Lipinski definition) is 6. The van der Waals surface area contributed by atoms with Crippen molar-refractivity contribution >= 4 is 28.8 Å². The van der Waals surface area contributed by atoms with Crippen LogP contribution in [-0.4, -0.2) is 28.8 Å². The summed E-state index contributed by atoms with van der Waals surface area (Å²) in [6, 6.07) is 33.8. The highest BCUT2D eigenvalue weighted by molar-refractivity contribution is 6.32. The Hall–Kier alpha value is -4.81. The summed E-state index contributed by atoms with van der Waals surface area (Å²) in [5, 5.41) is 3.69. The molecule has 190 valence electrons. The van der Waals surface area contributed by atoms with Crippen LogP contribution in [0, 0.1) is 0 Å². The molecule has 2 aliphatic carbocycles. The highest BCUT2D eigenvalue weighted by Gasteiger charge is 2.35. The van der Waals surface area contributed by atoms with Crippen molar-refractivity contribution in [1.82, 2.24) is 5.32 Å². The van der Waals surface area contributed by atoms with Crippen LogP contribution in [0.4, 0.5) is 0 Å². The van der Waals surface area contributed by atoms with E-state index in [4.69, 9.17) is 25.0 Å². The number of hydrogen-bond donors (Lipinski definition) is 1. The second-order valence-corrected chi connectivity index (χ2v) is 10.8. The third-order valence-electron chi connectivity index (χ3n) is 8.51. The highest BCUT2D eigenvalue weighted by atomic mass is 15.2. The average molecular weight is 517 g/mol. The van der Waals surface area contributed by atoms with Crippen LogP contribution in [-0.2, 0) is 0 Å².